The van der Waals surface area contributed by atoms with Gasteiger partial charge in [0.05, 0.1) is 30.4 Å². The normalized spacial score (nSPS) is 14.8. The molecule has 1 aromatic carbocycles. The second-order valence-corrected chi connectivity index (χ2v) is 4.81. The van der Waals surface area contributed by atoms with E-state index in [2.05, 4.69) is 9.97 Å². The number of fused-ring (bicyclic) bond motifs is 1. The summed E-state index contributed by atoms with van der Waals surface area (Å²) in [5, 5.41) is 0. The van der Waals surface area contributed by atoms with E-state index in [0.717, 1.165) is 0 Å². The fourth-order valence-electron chi connectivity index (χ4n) is 2.16. The first-order chi connectivity index (χ1) is 10.7. The molecule has 0 saturated carbocycles. The minimum absolute atomic E-state index is 0.0912. The van der Waals surface area contributed by atoms with Crippen LogP contribution in [0.4, 0.5) is 0 Å². The number of rotatable bonds is 3. The summed E-state index contributed by atoms with van der Waals surface area (Å²) in [5.74, 6) is -0.884. The SMILES string of the molecule is O=C(OCC(=O)N1CCOCC1)c1cnc2ccccc2n1. The fourth-order valence-corrected chi connectivity index (χ4v) is 2.16. The van der Waals surface area contributed by atoms with Crippen LogP contribution in [-0.2, 0) is 14.3 Å². The monoisotopic (exact) mass is 301 g/mol. The van der Waals surface area contributed by atoms with Crippen molar-refractivity contribution in [3.05, 3.63) is 36.2 Å². The van der Waals surface area contributed by atoms with Gasteiger partial charge in [-0.3, -0.25) is 9.78 Å². The number of carbonyl (C=O) groups is 2. The summed E-state index contributed by atoms with van der Waals surface area (Å²) < 4.78 is 10.2. The van der Waals surface area contributed by atoms with Crippen LogP contribution in [0.25, 0.3) is 11.0 Å². The summed E-state index contributed by atoms with van der Waals surface area (Å²) >= 11 is 0. The molecule has 0 N–H and O–H groups in total. The number of aromatic nitrogens is 2. The van der Waals surface area contributed by atoms with Crippen LogP contribution in [0.15, 0.2) is 30.5 Å². The van der Waals surface area contributed by atoms with Crippen LogP contribution in [0.1, 0.15) is 10.5 Å². The molecule has 0 unspecified atom stereocenters. The van der Waals surface area contributed by atoms with E-state index in [0.29, 0.717) is 37.3 Å². The molecule has 0 atom stereocenters. The lowest BCUT2D eigenvalue weighted by Crippen LogP contribution is -2.42. The van der Waals surface area contributed by atoms with E-state index in [1.165, 1.54) is 6.20 Å². The van der Waals surface area contributed by atoms with Crippen LogP contribution in [0.5, 0.6) is 0 Å². The minimum atomic E-state index is -0.653. The molecule has 114 valence electrons. The zero-order chi connectivity index (χ0) is 15.4. The van der Waals surface area contributed by atoms with Crippen molar-refractivity contribution in [1.29, 1.82) is 0 Å². The molecule has 0 spiro atoms. The van der Waals surface area contributed by atoms with Gasteiger partial charge in [-0.15, -0.1) is 0 Å². The first-order valence-electron chi connectivity index (χ1n) is 6.98. The van der Waals surface area contributed by atoms with E-state index in [1.807, 2.05) is 12.1 Å². The van der Waals surface area contributed by atoms with Crippen molar-refractivity contribution in [2.45, 2.75) is 0 Å². The van der Waals surface area contributed by atoms with Gasteiger partial charge < -0.3 is 14.4 Å². The van der Waals surface area contributed by atoms with Crippen LogP contribution in [0, 0.1) is 0 Å². The van der Waals surface area contributed by atoms with Gasteiger partial charge in [-0.05, 0) is 12.1 Å². The highest BCUT2D eigenvalue weighted by atomic mass is 16.5. The van der Waals surface area contributed by atoms with Crippen molar-refractivity contribution in [2.75, 3.05) is 32.9 Å². The molecule has 2 aromatic rings. The van der Waals surface area contributed by atoms with E-state index < -0.39 is 5.97 Å². The van der Waals surface area contributed by atoms with Gasteiger partial charge in [-0.2, -0.15) is 0 Å². The highest BCUT2D eigenvalue weighted by Crippen LogP contribution is 2.09. The van der Waals surface area contributed by atoms with Gasteiger partial charge in [-0.25, -0.2) is 9.78 Å². The highest BCUT2D eigenvalue weighted by molar-refractivity contribution is 5.91. The smallest absolute Gasteiger partial charge is 0.359 e. The molecule has 22 heavy (non-hydrogen) atoms. The minimum Gasteiger partial charge on any atom is -0.451 e. The molecular formula is C15H15N3O4. The number of hydrogen-bond donors (Lipinski definition) is 0. The van der Waals surface area contributed by atoms with Crippen molar-refractivity contribution in [2.24, 2.45) is 0 Å². The molecule has 7 nitrogen and oxygen atoms in total. The van der Waals surface area contributed by atoms with Gasteiger partial charge >= 0.3 is 5.97 Å². The second-order valence-electron chi connectivity index (χ2n) is 4.81. The molecule has 1 saturated heterocycles. The Balaban J connectivity index is 1.61. The molecule has 1 fully saturated rings. The predicted octanol–water partition coefficient (Wildman–Crippen LogP) is 0.645. The van der Waals surface area contributed by atoms with E-state index in [-0.39, 0.29) is 18.2 Å². The van der Waals surface area contributed by atoms with E-state index in [1.54, 1.807) is 17.0 Å². The zero-order valence-electron chi connectivity index (χ0n) is 11.9. The molecule has 0 radical (unpaired) electrons. The zero-order valence-corrected chi connectivity index (χ0v) is 11.9. The summed E-state index contributed by atoms with van der Waals surface area (Å²) in [6, 6.07) is 7.22. The van der Waals surface area contributed by atoms with Crippen LogP contribution in [0.3, 0.4) is 0 Å². The summed E-state index contributed by atoms with van der Waals surface area (Å²) in [6.07, 6.45) is 1.35. The largest absolute Gasteiger partial charge is 0.451 e. The molecule has 0 aliphatic carbocycles. The number of para-hydroxylation sites is 2. The van der Waals surface area contributed by atoms with Gasteiger partial charge in [0.2, 0.25) is 0 Å². The van der Waals surface area contributed by atoms with Crippen molar-refractivity contribution < 1.29 is 19.1 Å². The first kappa shape index (κ1) is 14.4. The lowest BCUT2D eigenvalue weighted by atomic mass is 10.3. The molecule has 1 aliphatic heterocycles. The first-order valence-corrected chi connectivity index (χ1v) is 6.98. The van der Waals surface area contributed by atoms with Gasteiger partial charge in [0, 0.05) is 13.1 Å². The number of amides is 1. The van der Waals surface area contributed by atoms with Crippen LogP contribution in [-0.4, -0.2) is 59.7 Å². The maximum absolute atomic E-state index is 12.0. The summed E-state index contributed by atoms with van der Waals surface area (Å²) in [4.78, 5) is 33.8. The molecule has 7 heteroatoms. The van der Waals surface area contributed by atoms with Crippen molar-refractivity contribution in [3.8, 4) is 0 Å². The third-order valence-electron chi connectivity index (χ3n) is 3.35. The maximum atomic E-state index is 12.0. The Morgan fingerprint density at radius 2 is 1.91 bits per heavy atom. The second kappa shape index (κ2) is 6.48. The van der Waals surface area contributed by atoms with Gasteiger partial charge in [0.1, 0.15) is 0 Å². The van der Waals surface area contributed by atoms with E-state index in [4.69, 9.17) is 9.47 Å². The third kappa shape index (κ3) is 3.20. The number of carbonyl (C=O) groups excluding carboxylic acids is 2. The number of morpholine rings is 1. The predicted molar refractivity (Wildman–Crippen MR) is 77.2 cm³/mol. The molecule has 1 aliphatic rings. The number of ether oxygens (including phenoxy) is 2. The fraction of sp³-hybridized carbons (Fsp3) is 0.333. The molecular weight excluding hydrogens is 286 g/mol. The Morgan fingerprint density at radius 1 is 1.18 bits per heavy atom. The number of esters is 1. The maximum Gasteiger partial charge on any atom is 0.359 e. The Kier molecular flexibility index (Phi) is 4.24. The van der Waals surface area contributed by atoms with Crippen LogP contribution in [0.2, 0.25) is 0 Å². The highest BCUT2D eigenvalue weighted by Gasteiger charge is 2.19. The Labute approximate surface area is 126 Å². The molecule has 0 bridgehead atoms. The Morgan fingerprint density at radius 3 is 2.68 bits per heavy atom. The van der Waals surface area contributed by atoms with Crippen LogP contribution >= 0.6 is 0 Å². The lowest BCUT2D eigenvalue weighted by Gasteiger charge is -2.26. The lowest BCUT2D eigenvalue weighted by molar-refractivity contribution is -0.138. The van der Waals surface area contributed by atoms with Crippen LogP contribution < -0.4 is 0 Å². The average molecular weight is 301 g/mol. The quantitative estimate of drug-likeness (QED) is 0.774. The Hall–Kier alpha value is -2.54. The molecule has 1 aromatic heterocycles. The Bertz CT molecular complexity index is 698. The molecule has 3 rings (SSSR count). The van der Waals surface area contributed by atoms with Gasteiger partial charge in [0.15, 0.2) is 12.3 Å². The summed E-state index contributed by atoms with van der Waals surface area (Å²) in [7, 11) is 0. The van der Waals surface area contributed by atoms with Gasteiger partial charge in [0.25, 0.3) is 5.91 Å². The van der Waals surface area contributed by atoms with E-state index >= 15 is 0 Å². The number of benzene rings is 1. The molecule has 2 heterocycles. The van der Waals surface area contributed by atoms with Crippen molar-refractivity contribution in [1.82, 2.24) is 14.9 Å². The number of hydrogen-bond acceptors (Lipinski definition) is 6. The van der Waals surface area contributed by atoms with Crippen molar-refractivity contribution in [3.63, 3.8) is 0 Å². The van der Waals surface area contributed by atoms with E-state index in [9.17, 15) is 9.59 Å². The van der Waals surface area contributed by atoms with Crippen molar-refractivity contribution >= 4 is 22.9 Å². The summed E-state index contributed by atoms with van der Waals surface area (Å²) in [5.41, 5.74) is 1.40. The molecule has 1 amide bonds. The topological polar surface area (TPSA) is 81.6 Å². The standard InChI is InChI=1S/C15H15N3O4/c19-14(18-5-7-21-8-6-18)10-22-15(20)13-9-16-11-3-1-2-4-12(11)17-13/h1-4,9H,5-8,10H2. The average Bonchev–Trinajstić information content (AvgIpc) is 2.59. The van der Waals surface area contributed by atoms with Gasteiger partial charge in [-0.1, -0.05) is 12.1 Å². The summed E-state index contributed by atoms with van der Waals surface area (Å²) in [6.45, 7) is 1.76. The number of nitrogens with zero attached hydrogens (tertiary/aromatic N) is 3. The third-order valence-corrected chi connectivity index (χ3v) is 3.35.